The van der Waals surface area contributed by atoms with Crippen LogP contribution in [0.25, 0.3) is 10.8 Å². The van der Waals surface area contributed by atoms with E-state index in [-0.39, 0.29) is 46.3 Å². The molecule has 0 aromatic heterocycles. The summed E-state index contributed by atoms with van der Waals surface area (Å²) in [6, 6.07) is 7.48. The molecule has 0 fully saturated rings. The van der Waals surface area contributed by atoms with Crippen molar-refractivity contribution in [1.29, 1.82) is 0 Å². The number of nitrogens with zero attached hydrogens (tertiary/aromatic N) is 3. The molecule has 16 heteroatoms. The van der Waals surface area contributed by atoms with Crippen LogP contribution in [0.3, 0.4) is 0 Å². The van der Waals surface area contributed by atoms with Crippen molar-refractivity contribution in [3.8, 4) is 5.75 Å². The van der Waals surface area contributed by atoms with Crippen LogP contribution in [-0.4, -0.2) is 65.5 Å². The van der Waals surface area contributed by atoms with Crippen LogP contribution in [0.1, 0.15) is 0 Å². The Morgan fingerprint density at radius 3 is 2.00 bits per heavy atom. The fourth-order valence-corrected chi connectivity index (χ4v) is 4.20. The van der Waals surface area contributed by atoms with E-state index in [0.29, 0.717) is 6.07 Å². The first-order valence-electron chi connectivity index (χ1n) is 8.00. The molecule has 164 valence electrons. The first-order chi connectivity index (χ1) is 14.3. The number of benzene rings is 3. The molecular weight excluding hydrogens is 479 g/mol. The molecule has 3 aromatic carbocycles. The molecule has 0 radical (unpaired) electrons. The average Bonchev–Trinajstić information content (AvgIpc) is 2.65. The van der Waals surface area contributed by atoms with Gasteiger partial charge in [-0.05, 0) is 30.3 Å². The zero-order valence-corrected chi connectivity index (χ0v) is 16.7. The quantitative estimate of drug-likeness (QED) is 0.101. The molecule has 0 atom stereocenters. The normalized spacial score (nSPS) is 12.1. The van der Waals surface area contributed by atoms with E-state index in [1.54, 1.807) is 0 Å². The molecule has 3 rings (SSSR count). The Bertz CT molecular complexity index is 1470. The summed E-state index contributed by atoms with van der Waals surface area (Å²) in [5.41, 5.74) is 4.20. The molecule has 32 heavy (non-hydrogen) atoms. The Hall–Kier alpha value is -2.66. The number of phenols is 1. The van der Waals surface area contributed by atoms with Crippen molar-refractivity contribution in [3.05, 3.63) is 52.6 Å². The first-order valence-corrected chi connectivity index (χ1v) is 10.9. The van der Waals surface area contributed by atoms with Gasteiger partial charge in [-0.2, -0.15) is 21.9 Å². The number of anilines is 1. The second-order valence-electron chi connectivity index (χ2n) is 6.07. The van der Waals surface area contributed by atoms with Crippen LogP contribution in [0, 0.1) is 10.1 Å². The van der Waals surface area contributed by atoms with Crippen molar-refractivity contribution in [1.82, 2.24) is 0 Å². The minimum atomic E-state index is -5.07. The Balaban J connectivity index is 0.00000363. The van der Waals surface area contributed by atoms with E-state index in [4.69, 9.17) is 5.73 Å². The number of non-ortho nitro benzene ring substituents is 1. The minimum absolute atomic E-state index is 0. The third-order valence-corrected chi connectivity index (χ3v) is 5.92. The van der Waals surface area contributed by atoms with Crippen molar-refractivity contribution in [2.24, 2.45) is 10.2 Å². The van der Waals surface area contributed by atoms with E-state index in [2.05, 4.69) is 10.2 Å². The maximum atomic E-state index is 11.9. The van der Waals surface area contributed by atoms with Gasteiger partial charge < -0.3 is 10.8 Å². The van der Waals surface area contributed by atoms with E-state index < -0.39 is 57.5 Å². The number of nitrogens with two attached hydrogens (primary N) is 1. The molecule has 0 amide bonds. The third-order valence-electron chi connectivity index (χ3n) is 4.08. The van der Waals surface area contributed by atoms with Gasteiger partial charge in [0, 0.05) is 22.9 Å². The van der Waals surface area contributed by atoms with Crippen LogP contribution in [0.2, 0.25) is 0 Å². The van der Waals surface area contributed by atoms with Gasteiger partial charge >= 0.3 is 29.6 Å². The fraction of sp³-hybridized carbons (Fsp3) is 0. The summed E-state index contributed by atoms with van der Waals surface area (Å²) in [5.74, 6) is -0.874. The van der Waals surface area contributed by atoms with Crippen molar-refractivity contribution < 1.29 is 36.0 Å². The second-order valence-corrected chi connectivity index (χ2v) is 8.82. The van der Waals surface area contributed by atoms with E-state index >= 15 is 0 Å². The molecule has 0 aliphatic rings. The predicted octanol–water partition coefficient (Wildman–Crippen LogP) is 2.30. The monoisotopic (exact) mass is 492 g/mol. The number of aromatic hydroxyl groups is 1. The molecule has 0 bridgehead atoms. The molecule has 0 aliphatic heterocycles. The SMILES string of the molecule is Nc1ccc2c(O)c(N=Nc3ccc([N+](=O)[O-])cc3)c(S(=O)(=O)O)cc2c1S(=O)(=O)O.[NaH]. The summed E-state index contributed by atoms with van der Waals surface area (Å²) in [4.78, 5) is 8.16. The second kappa shape index (κ2) is 9.07. The molecule has 0 heterocycles. The van der Waals surface area contributed by atoms with Gasteiger partial charge in [0.1, 0.15) is 15.5 Å². The zero-order chi connectivity index (χ0) is 23.1. The van der Waals surface area contributed by atoms with Crippen LogP contribution in [-0.2, 0) is 20.2 Å². The van der Waals surface area contributed by atoms with Crippen LogP contribution in [0.5, 0.6) is 5.75 Å². The molecular formula is C16H13N4NaO9S2. The van der Waals surface area contributed by atoms with Crippen LogP contribution in [0.4, 0.5) is 22.7 Å². The van der Waals surface area contributed by atoms with E-state index in [9.17, 15) is 41.2 Å². The Kier molecular flexibility index (Phi) is 7.25. The van der Waals surface area contributed by atoms with Crippen LogP contribution >= 0.6 is 0 Å². The Labute approximate surface area is 202 Å². The maximum absolute atomic E-state index is 11.9. The fourth-order valence-electron chi connectivity index (χ4n) is 2.74. The number of azo groups is 1. The predicted molar refractivity (Wildman–Crippen MR) is 114 cm³/mol. The summed E-state index contributed by atoms with van der Waals surface area (Å²) < 4.78 is 66.1. The number of phenolic OH excluding ortho intramolecular Hbond substituents is 1. The van der Waals surface area contributed by atoms with Gasteiger partial charge in [-0.15, -0.1) is 5.11 Å². The summed E-state index contributed by atoms with van der Waals surface area (Å²) in [6.45, 7) is 0. The number of hydrogen-bond acceptors (Lipinski definition) is 10. The topological polar surface area (TPSA) is 223 Å². The average molecular weight is 492 g/mol. The van der Waals surface area contributed by atoms with Gasteiger partial charge in [-0.3, -0.25) is 19.2 Å². The van der Waals surface area contributed by atoms with Crippen molar-refractivity contribution in [3.63, 3.8) is 0 Å². The molecule has 0 saturated heterocycles. The van der Waals surface area contributed by atoms with Gasteiger partial charge in [0.25, 0.3) is 25.9 Å². The van der Waals surface area contributed by atoms with Gasteiger partial charge in [-0.25, -0.2) is 0 Å². The summed E-state index contributed by atoms with van der Waals surface area (Å²) >= 11 is 0. The standard InChI is InChI=1S/C16H12N4O9S2.Na.H/c17-12-6-5-10-11(16(12)31(27,28)29)7-13(30(24,25)26)14(15(10)21)19-18-8-1-3-9(4-2-8)20(22)23;;/h1-7,21H,17H2,(H,24,25,26)(H,27,28,29);;. The van der Waals surface area contributed by atoms with Gasteiger partial charge in [0.15, 0.2) is 5.75 Å². The summed E-state index contributed by atoms with van der Waals surface area (Å²) in [5, 5.41) is 27.8. The molecule has 0 saturated carbocycles. The first kappa shape index (κ1) is 25.6. The van der Waals surface area contributed by atoms with Gasteiger partial charge in [0.05, 0.1) is 16.3 Å². The summed E-state index contributed by atoms with van der Waals surface area (Å²) in [6.07, 6.45) is 0. The number of nitro groups is 1. The molecule has 13 nitrogen and oxygen atoms in total. The van der Waals surface area contributed by atoms with Crippen molar-refractivity contribution in [2.75, 3.05) is 5.73 Å². The van der Waals surface area contributed by atoms with Crippen molar-refractivity contribution in [2.45, 2.75) is 9.79 Å². The molecule has 0 aliphatic carbocycles. The summed E-state index contributed by atoms with van der Waals surface area (Å²) in [7, 11) is -10.0. The van der Waals surface area contributed by atoms with Crippen LogP contribution in [0.15, 0.2) is 62.5 Å². The number of nitrogen functional groups attached to an aromatic ring is 1. The third kappa shape index (κ3) is 5.04. The molecule has 0 spiro atoms. The number of rotatable bonds is 5. The Morgan fingerprint density at radius 2 is 1.50 bits per heavy atom. The number of hydrogen-bond donors (Lipinski definition) is 4. The van der Waals surface area contributed by atoms with Crippen LogP contribution < -0.4 is 5.73 Å². The van der Waals surface area contributed by atoms with Crippen molar-refractivity contribution >= 4 is 83.3 Å². The van der Waals surface area contributed by atoms with Gasteiger partial charge in [0.2, 0.25) is 0 Å². The molecule has 3 aromatic rings. The zero-order valence-electron chi connectivity index (χ0n) is 15.1. The van der Waals surface area contributed by atoms with E-state index in [1.165, 1.54) is 12.1 Å². The molecule has 5 N–H and O–H groups in total. The molecule has 0 unspecified atom stereocenters. The number of fused-ring (bicyclic) bond motifs is 1. The Morgan fingerprint density at radius 1 is 0.906 bits per heavy atom. The van der Waals surface area contributed by atoms with E-state index in [0.717, 1.165) is 24.3 Å². The van der Waals surface area contributed by atoms with Gasteiger partial charge in [-0.1, -0.05) is 0 Å². The number of nitro benzene ring substituents is 1. The van der Waals surface area contributed by atoms with E-state index in [1.807, 2.05) is 0 Å².